The lowest BCUT2D eigenvalue weighted by Crippen LogP contribution is -2.42. The number of hydrogen-bond acceptors (Lipinski definition) is 2. The third kappa shape index (κ3) is 7.29. The number of hydrogen-bond donors (Lipinski definition) is 2. The summed E-state index contributed by atoms with van der Waals surface area (Å²) in [5, 5.41) is 17.5. The molecular weight excluding hydrogens is 152 g/mol. The highest BCUT2D eigenvalue weighted by Gasteiger charge is 2.17. The van der Waals surface area contributed by atoms with Crippen LogP contribution in [0.2, 0.25) is 0 Å². The first-order valence-corrected chi connectivity index (χ1v) is 3.51. The lowest BCUT2D eigenvalue weighted by Gasteiger charge is -2.25. The van der Waals surface area contributed by atoms with Crippen LogP contribution >= 0.6 is 0 Å². The van der Waals surface area contributed by atoms with Crippen LogP contribution in [0.25, 0.3) is 0 Å². The Kier molecular flexibility index (Phi) is 3.48. The van der Waals surface area contributed by atoms with Gasteiger partial charge < -0.3 is 14.7 Å². The van der Waals surface area contributed by atoms with E-state index in [1.807, 2.05) is 21.1 Å². The van der Waals surface area contributed by atoms with Crippen molar-refractivity contribution in [3.63, 3.8) is 0 Å². The number of aliphatic hydroxyl groups excluding tert-OH is 1. The molecule has 1 atom stereocenters. The van der Waals surface area contributed by atoms with Gasteiger partial charge in [-0.05, 0) is 0 Å². The number of nitrogens with zero attached hydrogens (tertiary/aromatic N) is 1. The predicted molar refractivity (Wildman–Crippen MR) is 41.2 cm³/mol. The van der Waals surface area contributed by atoms with E-state index in [4.69, 9.17) is 10.2 Å². The molecule has 0 aromatic heterocycles. The minimum atomic E-state index is -0.953. The molecule has 0 aliphatic carbocycles. The molecular formula is C7H16NO3+. The summed E-state index contributed by atoms with van der Waals surface area (Å²) < 4.78 is 0.578. The van der Waals surface area contributed by atoms with Gasteiger partial charge in [-0.3, -0.25) is 4.79 Å². The topological polar surface area (TPSA) is 57.5 Å². The smallest absolute Gasteiger partial charge is 0.306 e. The molecule has 4 nitrogen and oxygen atoms in total. The van der Waals surface area contributed by atoms with Crippen LogP contribution in [-0.4, -0.2) is 54.5 Å². The van der Waals surface area contributed by atoms with Gasteiger partial charge in [-0.1, -0.05) is 0 Å². The molecule has 2 N–H and O–H groups in total. The van der Waals surface area contributed by atoms with Gasteiger partial charge in [-0.2, -0.15) is 0 Å². The first-order chi connectivity index (χ1) is 4.81. The van der Waals surface area contributed by atoms with E-state index in [-0.39, 0.29) is 6.42 Å². The van der Waals surface area contributed by atoms with Crippen molar-refractivity contribution in [3.8, 4) is 0 Å². The minimum Gasteiger partial charge on any atom is -0.481 e. The fourth-order valence-electron chi connectivity index (χ4n) is 0.898. The number of rotatable bonds is 4. The van der Waals surface area contributed by atoms with E-state index < -0.39 is 12.1 Å². The van der Waals surface area contributed by atoms with Crippen molar-refractivity contribution in [3.05, 3.63) is 0 Å². The fraction of sp³-hybridized carbons (Fsp3) is 0.857. The third-order valence-corrected chi connectivity index (χ3v) is 1.17. The van der Waals surface area contributed by atoms with Crippen LogP contribution in [0.4, 0.5) is 0 Å². The van der Waals surface area contributed by atoms with Crippen molar-refractivity contribution in [2.45, 2.75) is 12.5 Å². The summed E-state index contributed by atoms with van der Waals surface area (Å²) in [7, 11) is 5.72. The Bertz CT molecular complexity index is 139. The Hall–Kier alpha value is -0.610. The molecule has 0 rings (SSSR count). The van der Waals surface area contributed by atoms with Crippen molar-refractivity contribution in [1.82, 2.24) is 0 Å². The normalized spacial score (nSPS) is 14.5. The van der Waals surface area contributed by atoms with E-state index >= 15 is 0 Å². The maximum atomic E-state index is 10.1. The van der Waals surface area contributed by atoms with E-state index in [2.05, 4.69) is 0 Å². The van der Waals surface area contributed by atoms with Crippen LogP contribution in [0.3, 0.4) is 0 Å². The lowest BCUT2D eigenvalue weighted by molar-refractivity contribution is -0.873. The molecule has 0 aliphatic heterocycles. The average Bonchev–Trinajstić information content (AvgIpc) is 1.53. The van der Waals surface area contributed by atoms with Crippen molar-refractivity contribution < 1.29 is 19.5 Å². The summed E-state index contributed by atoms with van der Waals surface area (Å²) in [6.07, 6.45) is -0.914. The number of aliphatic hydroxyl groups is 1. The van der Waals surface area contributed by atoms with Crippen LogP contribution in [-0.2, 0) is 4.79 Å². The van der Waals surface area contributed by atoms with Crippen LogP contribution in [0, 0.1) is 0 Å². The molecule has 1 unspecified atom stereocenters. The monoisotopic (exact) mass is 168 g/mol. The zero-order chi connectivity index (χ0) is 9.07. The van der Waals surface area contributed by atoms with Crippen molar-refractivity contribution in [1.29, 1.82) is 0 Å². The molecule has 0 fully saturated rings. The summed E-state index contributed by atoms with van der Waals surface area (Å²) in [6.45, 7) is 0.465. The maximum absolute atomic E-state index is 10.1. The highest BCUT2D eigenvalue weighted by atomic mass is 16.4. The number of carboxylic acids is 1. The van der Waals surface area contributed by atoms with Crippen LogP contribution < -0.4 is 0 Å². The standard InChI is InChI=1S/C7H15NO3/c1-8(2,3)5-6(9)4-7(10)11/h6,9H,4-5H2,1-3H3/p+1/i1+2,2+2,3+2. The Morgan fingerprint density at radius 1 is 1.45 bits per heavy atom. The van der Waals surface area contributed by atoms with Crippen LogP contribution in [0.1, 0.15) is 6.42 Å². The quantitative estimate of drug-likeness (QED) is 0.558. The number of carbonyl (C=O) groups is 1. The molecule has 0 radical (unpaired) electrons. The largest absolute Gasteiger partial charge is 0.481 e. The molecule has 0 saturated heterocycles. The van der Waals surface area contributed by atoms with E-state index in [0.29, 0.717) is 11.0 Å². The molecule has 0 bridgehead atoms. The lowest BCUT2D eigenvalue weighted by atomic mass is 10.2. The first kappa shape index (κ1) is 10.4. The molecule has 4 heteroatoms. The van der Waals surface area contributed by atoms with E-state index in [0.717, 1.165) is 0 Å². The molecule has 0 saturated carbocycles. The molecule has 66 valence electrons. The van der Waals surface area contributed by atoms with Gasteiger partial charge in [0.1, 0.15) is 12.6 Å². The van der Waals surface area contributed by atoms with Gasteiger partial charge in [0.05, 0.1) is 27.6 Å². The molecule has 11 heavy (non-hydrogen) atoms. The number of quaternary nitrogens is 1. The van der Waals surface area contributed by atoms with Gasteiger partial charge in [0.15, 0.2) is 0 Å². The Morgan fingerprint density at radius 2 is 1.91 bits per heavy atom. The number of aliphatic carboxylic acids is 1. The molecule has 0 spiro atoms. The summed E-state index contributed by atoms with van der Waals surface area (Å²) in [4.78, 5) is 10.1. The average molecular weight is 168 g/mol. The zero-order valence-corrected chi connectivity index (χ0v) is 7.24. The van der Waals surface area contributed by atoms with E-state index in [1.54, 1.807) is 0 Å². The second kappa shape index (κ2) is 3.69. The second-order valence-corrected chi connectivity index (χ2v) is 3.72. The first-order valence-electron chi connectivity index (χ1n) is 3.51. The third-order valence-electron chi connectivity index (χ3n) is 1.17. The second-order valence-electron chi connectivity index (χ2n) is 3.72. The van der Waals surface area contributed by atoms with Crippen LogP contribution in [0.5, 0.6) is 0 Å². The van der Waals surface area contributed by atoms with E-state index in [1.165, 1.54) is 0 Å². The van der Waals surface area contributed by atoms with Crippen molar-refractivity contribution in [2.75, 3.05) is 27.7 Å². The molecule has 0 amide bonds. The summed E-state index contributed by atoms with van der Waals surface area (Å²) in [6, 6.07) is 0. The molecule has 0 aliphatic rings. The van der Waals surface area contributed by atoms with Gasteiger partial charge in [-0.25, -0.2) is 0 Å². The van der Waals surface area contributed by atoms with Gasteiger partial charge in [-0.15, -0.1) is 0 Å². The van der Waals surface area contributed by atoms with Crippen molar-refractivity contribution >= 4 is 5.97 Å². The van der Waals surface area contributed by atoms with Gasteiger partial charge in [0, 0.05) is 0 Å². The Balaban J connectivity index is 3.69. The number of likely N-dealkylation sites (N-methyl/N-ethyl adjacent to an activating group) is 1. The van der Waals surface area contributed by atoms with Gasteiger partial charge in [0.25, 0.3) is 0 Å². The highest BCUT2D eigenvalue weighted by molar-refractivity contribution is 5.67. The maximum Gasteiger partial charge on any atom is 0.306 e. The predicted octanol–water partition coefficient (Wildman–Crippen LogP) is -0.472. The Labute approximate surface area is 66.6 Å². The number of carboxylic acid groups (broad SMARTS) is 1. The minimum absolute atomic E-state index is 0.171. The van der Waals surface area contributed by atoms with Gasteiger partial charge in [0.2, 0.25) is 0 Å². The van der Waals surface area contributed by atoms with Crippen LogP contribution in [0.15, 0.2) is 0 Å². The SMILES string of the molecule is [14CH3][N+]([14CH3])([14CH3])CC(O)CC(=O)O. The summed E-state index contributed by atoms with van der Waals surface area (Å²) in [5.74, 6) is -0.953. The molecule has 0 aromatic rings. The van der Waals surface area contributed by atoms with Crippen molar-refractivity contribution in [2.24, 2.45) is 0 Å². The molecule has 0 aromatic carbocycles. The summed E-state index contributed by atoms with van der Waals surface area (Å²) in [5.41, 5.74) is 0. The van der Waals surface area contributed by atoms with E-state index in [9.17, 15) is 4.79 Å². The highest BCUT2D eigenvalue weighted by Crippen LogP contribution is 1.98. The Morgan fingerprint density at radius 3 is 2.18 bits per heavy atom. The summed E-state index contributed by atoms with van der Waals surface area (Å²) >= 11 is 0. The fourth-order valence-corrected chi connectivity index (χ4v) is 0.898. The van der Waals surface area contributed by atoms with Gasteiger partial charge >= 0.3 is 5.97 Å². The zero-order valence-electron chi connectivity index (χ0n) is 7.24. The molecule has 0 heterocycles.